The van der Waals surface area contributed by atoms with Crippen molar-refractivity contribution in [2.45, 2.75) is 117 Å². The molecule has 0 bridgehead atoms. The van der Waals surface area contributed by atoms with Crippen LogP contribution in [0.5, 0.6) is 0 Å². The number of hydrogen-bond acceptors (Lipinski definition) is 3. The number of halogens is 6. The van der Waals surface area contributed by atoms with Crippen LogP contribution in [0.25, 0.3) is 45.3 Å². The minimum Gasteiger partial charge on any atom is -0.371 e. The molecule has 0 saturated carbocycles. The number of rotatable bonds is 5. The number of aromatic nitrogens is 1. The molecule has 68 heavy (non-hydrogen) atoms. The number of hydrogen-bond donors (Lipinski definition) is 0. The maximum absolute atomic E-state index is 14.4. The molecule has 3 nitrogen and oxygen atoms in total. The van der Waals surface area contributed by atoms with Gasteiger partial charge in [0.15, 0.2) is 0 Å². The summed E-state index contributed by atoms with van der Waals surface area (Å²) in [6.07, 6.45) is 10.9. The fourth-order valence-electron chi connectivity index (χ4n) is 12.6. The highest BCUT2D eigenvalue weighted by molar-refractivity contribution is 5.97. The molecule has 6 aliphatic rings. The Hall–Kier alpha value is -5.57. The number of alkyl halides is 6. The van der Waals surface area contributed by atoms with E-state index in [1.165, 1.54) is 55.9 Å². The molecule has 1 aromatic heterocycles. The van der Waals surface area contributed by atoms with E-state index in [-0.39, 0.29) is 28.0 Å². The van der Waals surface area contributed by atoms with Crippen molar-refractivity contribution in [3.05, 3.63) is 146 Å². The molecule has 0 spiro atoms. The van der Waals surface area contributed by atoms with E-state index in [1.54, 1.807) is 6.07 Å². The molecule has 2 aliphatic carbocycles. The van der Waals surface area contributed by atoms with E-state index < -0.39 is 23.5 Å². The van der Waals surface area contributed by atoms with E-state index in [9.17, 15) is 26.3 Å². The second-order valence-electron chi connectivity index (χ2n) is 22.2. The van der Waals surface area contributed by atoms with Gasteiger partial charge in [0.2, 0.25) is 0 Å². The van der Waals surface area contributed by atoms with Crippen LogP contribution >= 0.6 is 0 Å². The summed E-state index contributed by atoms with van der Waals surface area (Å²) in [6.45, 7) is 13.5. The van der Waals surface area contributed by atoms with Crippen LogP contribution in [0, 0.1) is 10.8 Å². The molecule has 0 atom stereocenters. The first-order valence-corrected chi connectivity index (χ1v) is 24.7. The Morgan fingerprint density at radius 2 is 0.971 bits per heavy atom. The summed E-state index contributed by atoms with van der Waals surface area (Å²) in [4.78, 5) is 10.2. The SMILES string of the molecule is CC1(C)CC(c2cc3c4c(c2)CCCN4CCC3)=C/C(=C/c2ccc3nc(/C=C4/C=C(c5cc6c7c(c5)CCCN7CCC6)CC(C)(C)C4)cc(-c4cc(C(F)(F)F)cc(C(F)(F)F)c4)c3c2)C1. The monoisotopic (exact) mass is 923 g/mol. The Morgan fingerprint density at radius 1 is 0.515 bits per heavy atom. The van der Waals surface area contributed by atoms with Crippen molar-refractivity contribution in [2.24, 2.45) is 10.8 Å². The topological polar surface area (TPSA) is 19.4 Å². The van der Waals surface area contributed by atoms with Crippen molar-refractivity contribution in [1.29, 1.82) is 0 Å². The number of fused-ring (bicyclic) bond motifs is 1. The molecular weight excluding hydrogens is 865 g/mol. The van der Waals surface area contributed by atoms with Gasteiger partial charge in [0, 0.05) is 42.9 Å². The zero-order chi connectivity index (χ0) is 47.3. The highest BCUT2D eigenvalue weighted by atomic mass is 19.4. The molecule has 0 N–H and O–H groups in total. The summed E-state index contributed by atoms with van der Waals surface area (Å²) >= 11 is 0. The van der Waals surface area contributed by atoms with Crippen molar-refractivity contribution in [3.63, 3.8) is 0 Å². The summed E-state index contributed by atoms with van der Waals surface area (Å²) in [5, 5.41) is 0.490. The Labute approximate surface area is 396 Å². The van der Waals surface area contributed by atoms with Crippen LogP contribution in [-0.2, 0) is 38.0 Å². The molecule has 9 heteroatoms. The van der Waals surface area contributed by atoms with Crippen molar-refractivity contribution in [2.75, 3.05) is 36.0 Å². The van der Waals surface area contributed by atoms with E-state index in [0.29, 0.717) is 16.6 Å². The van der Waals surface area contributed by atoms with Gasteiger partial charge in [-0.3, -0.25) is 0 Å². The minimum atomic E-state index is -4.99. The summed E-state index contributed by atoms with van der Waals surface area (Å²) in [5.41, 5.74) is 14.8. The molecule has 5 heterocycles. The predicted molar refractivity (Wildman–Crippen MR) is 266 cm³/mol. The average Bonchev–Trinajstić information content (AvgIpc) is 3.27. The molecular formula is C59H59F6N3. The summed E-state index contributed by atoms with van der Waals surface area (Å²) in [5.74, 6) is 0. The van der Waals surface area contributed by atoms with Crippen molar-refractivity contribution < 1.29 is 26.3 Å². The Kier molecular flexibility index (Phi) is 10.9. The van der Waals surface area contributed by atoms with Gasteiger partial charge in [-0.15, -0.1) is 0 Å². The van der Waals surface area contributed by atoms with E-state index in [0.717, 1.165) is 132 Å². The van der Waals surface area contributed by atoms with Crippen molar-refractivity contribution >= 4 is 45.6 Å². The van der Waals surface area contributed by atoms with Crippen LogP contribution < -0.4 is 9.80 Å². The third-order valence-electron chi connectivity index (χ3n) is 15.3. The molecule has 5 aromatic rings. The molecule has 0 amide bonds. The first kappa shape index (κ1) is 44.9. The Bertz CT molecular complexity index is 2920. The van der Waals surface area contributed by atoms with Crippen LogP contribution in [0.2, 0.25) is 0 Å². The highest BCUT2D eigenvalue weighted by Gasteiger charge is 2.38. The normalized spacial score (nSPS) is 21.1. The van der Waals surface area contributed by atoms with Crippen LogP contribution in [0.1, 0.15) is 135 Å². The molecule has 0 radical (unpaired) electrons. The van der Waals surface area contributed by atoms with Crippen LogP contribution in [-0.4, -0.2) is 31.2 Å². The Balaban J connectivity index is 1.03. The maximum atomic E-state index is 14.4. The number of nitrogens with zero attached hydrogens (tertiary/aromatic N) is 3. The van der Waals surface area contributed by atoms with E-state index in [1.807, 2.05) is 24.3 Å². The fourth-order valence-corrected chi connectivity index (χ4v) is 12.6. The Morgan fingerprint density at radius 3 is 1.43 bits per heavy atom. The van der Waals surface area contributed by atoms with Crippen molar-refractivity contribution in [1.82, 2.24) is 4.98 Å². The first-order valence-electron chi connectivity index (χ1n) is 24.7. The number of benzene rings is 4. The first-order chi connectivity index (χ1) is 32.3. The molecule has 0 saturated heterocycles. The van der Waals surface area contributed by atoms with Gasteiger partial charge < -0.3 is 9.80 Å². The third kappa shape index (κ3) is 8.83. The van der Waals surface area contributed by atoms with Crippen molar-refractivity contribution in [3.8, 4) is 11.1 Å². The molecule has 11 rings (SSSR count). The number of aryl methyl sites for hydroxylation is 4. The number of pyridine rings is 1. The van der Waals surface area contributed by atoms with Gasteiger partial charge in [0.1, 0.15) is 0 Å². The largest absolute Gasteiger partial charge is 0.416 e. The van der Waals surface area contributed by atoms with Gasteiger partial charge in [0.05, 0.1) is 22.3 Å². The van der Waals surface area contributed by atoms with Gasteiger partial charge in [-0.05, 0) is 227 Å². The van der Waals surface area contributed by atoms with Gasteiger partial charge in [-0.25, -0.2) is 4.98 Å². The van der Waals surface area contributed by atoms with Gasteiger partial charge in [-0.2, -0.15) is 26.3 Å². The van der Waals surface area contributed by atoms with E-state index in [4.69, 9.17) is 4.98 Å². The number of allylic oxidation sites excluding steroid dienone is 6. The lowest BCUT2D eigenvalue weighted by Crippen LogP contribution is -2.34. The zero-order valence-electron chi connectivity index (χ0n) is 39.6. The second-order valence-corrected chi connectivity index (χ2v) is 22.2. The van der Waals surface area contributed by atoms with E-state index >= 15 is 0 Å². The molecule has 0 unspecified atom stereocenters. The minimum absolute atomic E-state index is 0.0351. The molecule has 0 fully saturated rings. The second kappa shape index (κ2) is 16.5. The van der Waals surface area contributed by atoms with Crippen LogP contribution in [0.15, 0.2) is 90.0 Å². The standard InChI is InChI=1S/C59H59F6N3/c1-56(2)32-37(20-46(34-56)43-24-39-9-5-15-67-16-6-10-40(25-43)54(39)67)19-36-13-14-53-52(23-36)51(45-28-48(58(60,61)62)30-49(29-45)59(63,64)65)31-50(66-53)22-38-21-47(35-57(3,4)33-38)44-26-41-11-7-17-68-18-8-12-42(27-44)55(41)68/h13-14,19-31H,5-12,15-18,32-35H2,1-4H3/b37-19-,38-22-. The average molecular weight is 924 g/mol. The van der Waals surface area contributed by atoms with Gasteiger partial charge in [-0.1, -0.05) is 52.0 Å². The van der Waals surface area contributed by atoms with Crippen LogP contribution in [0.4, 0.5) is 37.7 Å². The molecule has 4 aromatic carbocycles. The van der Waals surface area contributed by atoms with E-state index in [2.05, 4.69) is 80.0 Å². The lowest BCUT2D eigenvalue weighted by molar-refractivity contribution is -0.143. The summed E-state index contributed by atoms with van der Waals surface area (Å²) in [7, 11) is 0. The third-order valence-corrected chi connectivity index (χ3v) is 15.3. The summed E-state index contributed by atoms with van der Waals surface area (Å²) < 4.78 is 86.6. The number of anilines is 2. The molecule has 4 aliphatic heterocycles. The predicted octanol–water partition coefficient (Wildman–Crippen LogP) is 15.9. The lowest BCUT2D eigenvalue weighted by Gasteiger charge is -2.38. The van der Waals surface area contributed by atoms with Gasteiger partial charge >= 0.3 is 12.4 Å². The highest BCUT2D eigenvalue weighted by Crippen LogP contribution is 2.48. The lowest BCUT2D eigenvalue weighted by atomic mass is 9.72. The van der Waals surface area contributed by atoms with Crippen LogP contribution in [0.3, 0.4) is 0 Å². The maximum Gasteiger partial charge on any atom is 0.416 e. The summed E-state index contributed by atoms with van der Waals surface area (Å²) in [6, 6.07) is 18.8. The smallest absolute Gasteiger partial charge is 0.371 e. The molecule has 352 valence electrons. The van der Waals surface area contributed by atoms with Gasteiger partial charge in [0.25, 0.3) is 0 Å². The quantitative estimate of drug-likeness (QED) is 0.164. The fraction of sp³-hybridized carbons (Fsp3) is 0.407. The zero-order valence-corrected chi connectivity index (χ0v) is 39.6.